The van der Waals surface area contributed by atoms with E-state index in [0.29, 0.717) is 17.6 Å². The Morgan fingerprint density at radius 2 is 2.00 bits per heavy atom. The van der Waals surface area contributed by atoms with Crippen LogP contribution in [0.15, 0.2) is 39.0 Å². The van der Waals surface area contributed by atoms with Gasteiger partial charge in [0.1, 0.15) is 4.21 Å². The quantitative estimate of drug-likeness (QED) is 0.665. The number of rotatable bonds is 7. The number of carbonyl (C=O) groups excluding carboxylic acids is 1. The first-order chi connectivity index (χ1) is 12.9. The molecular weight excluding hydrogens is 459 g/mol. The summed E-state index contributed by atoms with van der Waals surface area (Å²) in [6.45, 7) is 0.959. The average Bonchev–Trinajstić information content (AvgIpc) is 3.31. The molecule has 0 aliphatic carbocycles. The maximum absolute atomic E-state index is 13.6. The van der Waals surface area contributed by atoms with Crippen LogP contribution in [-0.2, 0) is 21.4 Å². The van der Waals surface area contributed by atoms with Crippen LogP contribution in [0.25, 0.3) is 0 Å². The highest BCUT2D eigenvalue weighted by molar-refractivity contribution is 9.10. The lowest BCUT2D eigenvalue weighted by Gasteiger charge is -2.13. The lowest BCUT2D eigenvalue weighted by Crippen LogP contribution is -2.28. The fraction of sp³-hybridized carbons (Fsp3) is 0.353. The molecule has 1 saturated heterocycles. The first kappa shape index (κ1) is 20.2. The van der Waals surface area contributed by atoms with Crippen LogP contribution in [0.1, 0.15) is 17.7 Å². The Balaban J connectivity index is 1.51. The zero-order valence-corrected chi connectivity index (χ0v) is 17.5. The molecule has 10 heteroatoms. The van der Waals surface area contributed by atoms with Gasteiger partial charge in [-0.25, -0.2) is 12.8 Å². The molecule has 0 saturated carbocycles. The van der Waals surface area contributed by atoms with Crippen molar-refractivity contribution in [1.29, 1.82) is 0 Å². The van der Waals surface area contributed by atoms with Crippen LogP contribution in [0.2, 0.25) is 0 Å². The first-order valence-corrected chi connectivity index (χ1v) is 11.3. The number of halogens is 2. The van der Waals surface area contributed by atoms with Gasteiger partial charge in [0, 0.05) is 22.4 Å². The third-order valence-electron chi connectivity index (χ3n) is 4.01. The molecule has 1 aliphatic rings. The van der Waals surface area contributed by atoms with Crippen molar-refractivity contribution in [3.05, 3.63) is 45.5 Å². The highest BCUT2D eigenvalue weighted by Crippen LogP contribution is 2.27. The summed E-state index contributed by atoms with van der Waals surface area (Å²) >= 11 is 4.28. The number of hydrogen-bond donors (Lipinski definition) is 1. The Hall–Kier alpha value is -1.49. The van der Waals surface area contributed by atoms with Crippen LogP contribution in [0.4, 0.5) is 4.39 Å². The van der Waals surface area contributed by atoms with E-state index in [-0.39, 0.29) is 23.1 Å². The molecule has 1 aromatic heterocycles. The van der Waals surface area contributed by atoms with E-state index in [1.54, 1.807) is 18.2 Å². The van der Waals surface area contributed by atoms with Crippen molar-refractivity contribution in [2.45, 2.75) is 23.6 Å². The van der Waals surface area contributed by atoms with Crippen LogP contribution in [0.5, 0.6) is 5.75 Å². The number of amides is 1. The normalized spacial score (nSPS) is 15.0. The van der Waals surface area contributed by atoms with Crippen LogP contribution >= 0.6 is 27.3 Å². The SMILES string of the molecule is O=C(COc1ccc(Br)cc1F)NCc1ccc(S(=O)(=O)N2CCCC2)s1. The zero-order valence-electron chi connectivity index (χ0n) is 14.3. The standard InChI is InChI=1S/C17H18BrFN2O4S2/c18-12-3-5-15(14(19)9-12)25-11-16(22)20-10-13-4-6-17(26-13)27(23,24)21-7-1-2-8-21/h3-6,9H,1-2,7-8,10-11H2,(H,20,22). The molecular formula is C17H18BrFN2O4S2. The topological polar surface area (TPSA) is 75.7 Å². The van der Waals surface area contributed by atoms with Gasteiger partial charge in [-0.2, -0.15) is 4.31 Å². The molecule has 0 radical (unpaired) electrons. The van der Waals surface area contributed by atoms with Gasteiger partial charge in [0.25, 0.3) is 15.9 Å². The molecule has 146 valence electrons. The van der Waals surface area contributed by atoms with Crippen molar-refractivity contribution in [2.75, 3.05) is 19.7 Å². The third-order valence-corrected chi connectivity index (χ3v) is 7.95. The monoisotopic (exact) mass is 476 g/mol. The Morgan fingerprint density at radius 3 is 2.70 bits per heavy atom. The van der Waals surface area contributed by atoms with Crippen molar-refractivity contribution in [1.82, 2.24) is 9.62 Å². The van der Waals surface area contributed by atoms with Crippen molar-refractivity contribution in [3.8, 4) is 5.75 Å². The van der Waals surface area contributed by atoms with Crippen molar-refractivity contribution in [3.63, 3.8) is 0 Å². The molecule has 27 heavy (non-hydrogen) atoms. The van der Waals surface area contributed by atoms with Gasteiger partial charge in [0.15, 0.2) is 18.2 Å². The minimum Gasteiger partial charge on any atom is -0.481 e. The molecule has 2 heterocycles. The fourth-order valence-electron chi connectivity index (χ4n) is 2.62. The molecule has 1 amide bonds. The van der Waals surface area contributed by atoms with E-state index in [4.69, 9.17) is 4.74 Å². The molecule has 1 N–H and O–H groups in total. The Morgan fingerprint density at radius 1 is 1.26 bits per heavy atom. The number of sulfonamides is 1. The van der Waals surface area contributed by atoms with E-state index >= 15 is 0 Å². The predicted molar refractivity (Wildman–Crippen MR) is 104 cm³/mol. The largest absolute Gasteiger partial charge is 0.481 e. The molecule has 1 fully saturated rings. The Bertz CT molecular complexity index is 927. The molecule has 0 atom stereocenters. The number of nitrogens with zero attached hydrogens (tertiary/aromatic N) is 1. The van der Waals surface area contributed by atoms with E-state index in [9.17, 15) is 17.6 Å². The van der Waals surface area contributed by atoms with E-state index < -0.39 is 21.7 Å². The molecule has 2 aromatic rings. The molecule has 6 nitrogen and oxygen atoms in total. The molecule has 3 rings (SSSR count). The van der Waals surface area contributed by atoms with Gasteiger partial charge in [0.05, 0.1) is 6.54 Å². The van der Waals surface area contributed by atoms with Gasteiger partial charge in [-0.15, -0.1) is 11.3 Å². The van der Waals surface area contributed by atoms with Gasteiger partial charge in [-0.05, 0) is 43.2 Å². The lowest BCUT2D eigenvalue weighted by atomic mass is 10.3. The summed E-state index contributed by atoms with van der Waals surface area (Å²) in [5, 5.41) is 2.64. The van der Waals surface area contributed by atoms with E-state index in [1.165, 1.54) is 16.4 Å². The van der Waals surface area contributed by atoms with Crippen molar-refractivity contribution < 1.29 is 22.3 Å². The smallest absolute Gasteiger partial charge is 0.258 e. The number of thiophene rings is 1. The summed E-state index contributed by atoms with van der Waals surface area (Å²) in [5.41, 5.74) is 0. The lowest BCUT2D eigenvalue weighted by molar-refractivity contribution is -0.123. The van der Waals surface area contributed by atoms with Gasteiger partial charge in [-0.1, -0.05) is 15.9 Å². The minimum absolute atomic E-state index is 0.0107. The Labute approximate surface area is 169 Å². The fourth-order valence-corrected chi connectivity index (χ4v) is 5.92. The van der Waals surface area contributed by atoms with Crippen LogP contribution < -0.4 is 10.1 Å². The maximum Gasteiger partial charge on any atom is 0.258 e. The molecule has 0 unspecified atom stereocenters. The summed E-state index contributed by atoms with van der Waals surface area (Å²) in [6, 6.07) is 7.55. The Kier molecular flexibility index (Phi) is 6.51. The highest BCUT2D eigenvalue weighted by atomic mass is 79.9. The molecule has 0 bridgehead atoms. The summed E-state index contributed by atoms with van der Waals surface area (Å²) in [5.74, 6) is -0.995. The molecule has 0 spiro atoms. The summed E-state index contributed by atoms with van der Waals surface area (Å²) < 4.78 is 46.1. The van der Waals surface area contributed by atoms with E-state index in [1.807, 2.05) is 0 Å². The van der Waals surface area contributed by atoms with Crippen molar-refractivity contribution in [2.24, 2.45) is 0 Å². The van der Waals surface area contributed by atoms with Gasteiger partial charge in [0.2, 0.25) is 0 Å². The second-order valence-corrected chi connectivity index (χ2v) is 10.2. The number of hydrogen-bond acceptors (Lipinski definition) is 5. The molecule has 1 aromatic carbocycles. The number of benzene rings is 1. The summed E-state index contributed by atoms with van der Waals surface area (Å²) in [7, 11) is -3.44. The second kappa shape index (κ2) is 8.68. The minimum atomic E-state index is -3.44. The number of ether oxygens (including phenoxy) is 1. The zero-order chi connectivity index (χ0) is 19.4. The van der Waals surface area contributed by atoms with Crippen LogP contribution in [-0.4, -0.2) is 38.3 Å². The van der Waals surface area contributed by atoms with Gasteiger partial charge in [-0.3, -0.25) is 4.79 Å². The third kappa shape index (κ3) is 5.07. The number of nitrogens with one attached hydrogen (secondary N) is 1. The highest BCUT2D eigenvalue weighted by Gasteiger charge is 2.28. The second-order valence-electron chi connectivity index (χ2n) is 5.97. The summed E-state index contributed by atoms with van der Waals surface area (Å²) in [4.78, 5) is 12.6. The first-order valence-electron chi connectivity index (χ1n) is 8.30. The van der Waals surface area contributed by atoms with E-state index in [0.717, 1.165) is 29.1 Å². The predicted octanol–water partition coefficient (Wildman–Crippen LogP) is 3.13. The average molecular weight is 477 g/mol. The van der Waals surface area contributed by atoms with Gasteiger partial charge < -0.3 is 10.1 Å². The van der Waals surface area contributed by atoms with E-state index in [2.05, 4.69) is 21.2 Å². The molecule has 1 aliphatic heterocycles. The van der Waals surface area contributed by atoms with Crippen LogP contribution in [0, 0.1) is 5.82 Å². The van der Waals surface area contributed by atoms with Crippen LogP contribution in [0.3, 0.4) is 0 Å². The summed E-state index contributed by atoms with van der Waals surface area (Å²) in [6.07, 6.45) is 1.76. The van der Waals surface area contributed by atoms with Crippen molar-refractivity contribution >= 4 is 43.2 Å². The maximum atomic E-state index is 13.6. The van der Waals surface area contributed by atoms with Gasteiger partial charge >= 0.3 is 0 Å². The number of carbonyl (C=O) groups is 1.